The van der Waals surface area contributed by atoms with Crippen LogP contribution in [0, 0.1) is 0 Å². The first kappa shape index (κ1) is 11.9. The molecule has 0 spiro atoms. The van der Waals surface area contributed by atoms with Crippen LogP contribution in [0.4, 0.5) is 4.39 Å². The van der Waals surface area contributed by atoms with Crippen LogP contribution in [0.15, 0.2) is 11.8 Å². The summed E-state index contributed by atoms with van der Waals surface area (Å²) in [6, 6.07) is 0. The third kappa shape index (κ3) is 5.22. The van der Waals surface area contributed by atoms with Crippen molar-refractivity contribution in [3.63, 3.8) is 0 Å². The molecule has 3 nitrogen and oxygen atoms in total. The van der Waals surface area contributed by atoms with Crippen LogP contribution in [0.2, 0.25) is 0 Å². The summed E-state index contributed by atoms with van der Waals surface area (Å²) in [7, 11) is 1.23. The standard InChI is InChI=1S/C9H16FNO2/c1-3-4-5-7(10)8(11)6-9(12)13-2/h6-7H,3-5,11H2,1-2H3. The molecule has 0 aliphatic heterocycles. The van der Waals surface area contributed by atoms with Crippen molar-refractivity contribution in [2.24, 2.45) is 5.73 Å². The Morgan fingerprint density at radius 1 is 1.69 bits per heavy atom. The minimum atomic E-state index is -1.24. The number of carbonyl (C=O) groups is 1. The van der Waals surface area contributed by atoms with Crippen LogP contribution < -0.4 is 5.73 Å². The second-order valence-corrected chi connectivity index (χ2v) is 2.78. The van der Waals surface area contributed by atoms with E-state index in [4.69, 9.17) is 5.73 Å². The Balaban J connectivity index is 4.00. The van der Waals surface area contributed by atoms with Gasteiger partial charge in [-0.3, -0.25) is 0 Å². The lowest BCUT2D eigenvalue weighted by molar-refractivity contribution is -0.134. The van der Waals surface area contributed by atoms with Gasteiger partial charge in [-0.2, -0.15) is 0 Å². The Labute approximate surface area is 77.7 Å². The highest BCUT2D eigenvalue weighted by atomic mass is 19.1. The van der Waals surface area contributed by atoms with Crippen molar-refractivity contribution in [2.75, 3.05) is 7.11 Å². The number of hydrogen-bond donors (Lipinski definition) is 1. The summed E-state index contributed by atoms with van der Waals surface area (Å²) in [5, 5.41) is 0. The van der Waals surface area contributed by atoms with Gasteiger partial charge in [-0.05, 0) is 6.42 Å². The molecular formula is C9H16FNO2. The Kier molecular flexibility index (Phi) is 5.93. The summed E-state index contributed by atoms with van der Waals surface area (Å²) in [5.74, 6) is -0.614. The maximum atomic E-state index is 13.1. The van der Waals surface area contributed by atoms with Crippen molar-refractivity contribution in [3.8, 4) is 0 Å². The van der Waals surface area contributed by atoms with Gasteiger partial charge in [-0.15, -0.1) is 0 Å². The summed E-state index contributed by atoms with van der Waals surface area (Å²) in [6.07, 6.45) is 1.78. The number of unbranched alkanes of at least 4 members (excludes halogenated alkanes) is 1. The highest BCUT2D eigenvalue weighted by Gasteiger charge is 2.10. The van der Waals surface area contributed by atoms with Crippen LogP contribution in [-0.2, 0) is 9.53 Å². The lowest BCUT2D eigenvalue weighted by atomic mass is 10.1. The van der Waals surface area contributed by atoms with Crippen LogP contribution in [0.25, 0.3) is 0 Å². The fraction of sp³-hybridized carbons (Fsp3) is 0.667. The highest BCUT2D eigenvalue weighted by molar-refractivity contribution is 5.82. The van der Waals surface area contributed by atoms with E-state index < -0.39 is 12.1 Å². The van der Waals surface area contributed by atoms with Crippen LogP contribution in [0.5, 0.6) is 0 Å². The number of ether oxygens (including phenoxy) is 1. The van der Waals surface area contributed by atoms with Crippen molar-refractivity contribution in [3.05, 3.63) is 11.8 Å². The molecule has 1 unspecified atom stereocenters. The van der Waals surface area contributed by atoms with Gasteiger partial charge in [0.1, 0.15) is 6.17 Å². The second kappa shape index (κ2) is 6.46. The Morgan fingerprint density at radius 3 is 2.77 bits per heavy atom. The molecule has 76 valence electrons. The fourth-order valence-electron chi connectivity index (χ4n) is 0.835. The molecule has 0 aromatic rings. The van der Waals surface area contributed by atoms with Gasteiger partial charge in [0.15, 0.2) is 0 Å². The second-order valence-electron chi connectivity index (χ2n) is 2.78. The molecule has 0 heterocycles. The normalized spacial score (nSPS) is 13.9. The van der Waals surface area contributed by atoms with Gasteiger partial charge in [0, 0.05) is 6.08 Å². The third-order valence-corrected chi connectivity index (χ3v) is 1.66. The Hall–Kier alpha value is -1.06. The number of halogens is 1. The summed E-state index contributed by atoms with van der Waals surface area (Å²) >= 11 is 0. The molecule has 0 amide bonds. The molecule has 13 heavy (non-hydrogen) atoms. The monoisotopic (exact) mass is 189 g/mol. The molecule has 0 aromatic carbocycles. The molecule has 2 N–H and O–H groups in total. The average molecular weight is 189 g/mol. The van der Waals surface area contributed by atoms with Gasteiger partial charge >= 0.3 is 5.97 Å². The smallest absolute Gasteiger partial charge is 0.332 e. The molecule has 0 saturated heterocycles. The molecule has 0 aliphatic carbocycles. The predicted octanol–water partition coefficient (Wildman–Crippen LogP) is 1.53. The van der Waals surface area contributed by atoms with Crippen molar-refractivity contribution in [1.29, 1.82) is 0 Å². The largest absolute Gasteiger partial charge is 0.466 e. The first-order chi connectivity index (χ1) is 6.11. The van der Waals surface area contributed by atoms with Crippen LogP contribution in [0.3, 0.4) is 0 Å². The molecule has 0 aliphatic rings. The van der Waals surface area contributed by atoms with E-state index in [-0.39, 0.29) is 5.70 Å². The SMILES string of the molecule is CCCCC(F)C(N)=CC(=O)OC. The number of nitrogens with two attached hydrogens (primary N) is 1. The Bertz CT molecular complexity index is 192. The average Bonchev–Trinajstić information content (AvgIpc) is 2.13. The van der Waals surface area contributed by atoms with Gasteiger partial charge < -0.3 is 10.5 Å². The van der Waals surface area contributed by atoms with Gasteiger partial charge in [0.25, 0.3) is 0 Å². The summed E-state index contributed by atoms with van der Waals surface area (Å²) in [5.41, 5.74) is 5.26. The fourth-order valence-corrected chi connectivity index (χ4v) is 0.835. The number of methoxy groups -OCH3 is 1. The van der Waals surface area contributed by atoms with Crippen LogP contribution in [0.1, 0.15) is 26.2 Å². The first-order valence-corrected chi connectivity index (χ1v) is 4.30. The topological polar surface area (TPSA) is 52.3 Å². The molecule has 1 atom stereocenters. The van der Waals surface area contributed by atoms with E-state index in [1.54, 1.807) is 0 Å². The number of carbonyl (C=O) groups excluding carboxylic acids is 1. The van der Waals surface area contributed by atoms with E-state index in [2.05, 4.69) is 4.74 Å². The number of alkyl halides is 1. The van der Waals surface area contributed by atoms with Crippen molar-refractivity contribution >= 4 is 5.97 Å². The molecule has 0 aromatic heterocycles. The molecule has 0 bridgehead atoms. The summed E-state index contributed by atoms with van der Waals surface area (Å²) in [4.78, 5) is 10.7. The zero-order valence-electron chi connectivity index (χ0n) is 8.05. The van der Waals surface area contributed by atoms with E-state index >= 15 is 0 Å². The van der Waals surface area contributed by atoms with E-state index in [1.165, 1.54) is 7.11 Å². The minimum Gasteiger partial charge on any atom is -0.466 e. The number of esters is 1. The molecule has 0 radical (unpaired) electrons. The van der Waals surface area contributed by atoms with Crippen LogP contribution >= 0.6 is 0 Å². The highest BCUT2D eigenvalue weighted by Crippen LogP contribution is 2.09. The summed E-state index contributed by atoms with van der Waals surface area (Å²) < 4.78 is 17.4. The lowest BCUT2D eigenvalue weighted by Crippen LogP contribution is -2.15. The zero-order chi connectivity index (χ0) is 10.3. The lowest BCUT2D eigenvalue weighted by Gasteiger charge is -2.06. The van der Waals surface area contributed by atoms with E-state index in [0.717, 1.165) is 18.9 Å². The van der Waals surface area contributed by atoms with Gasteiger partial charge in [0.2, 0.25) is 0 Å². The molecule has 0 saturated carbocycles. The third-order valence-electron chi connectivity index (χ3n) is 1.66. The van der Waals surface area contributed by atoms with Crippen molar-refractivity contribution in [1.82, 2.24) is 0 Å². The first-order valence-electron chi connectivity index (χ1n) is 4.30. The predicted molar refractivity (Wildman–Crippen MR) is 48.7 cm³/mol. The number of allylic oxidation sites excluding steroid dienone is 1. The van der Waals surface area contributed by atoms with E-state index in [0.29, 0.717) is 6.42 Å². The van der Waals surface area contributed by atoms with Crippen molar-refractivity contribution in [2.45, 2.75) is 32.4 Å². The van der Waals surface area contributed by atoms with Gasteiger partial charge in [-0.25, -0.2) is 9.18 Å². The van der Waals surface area contributed by atoms with Crippen molar-refractivity contribution < 1.29 is 13.9 Å². The quantitative estimate of drug-likeness (QED) is 0.527. The zero-order valence-corrected chi connectivity index (χ0v) is 8.05. The molecule has 0 rings (SSSR count). The minimum absolute atomic E-state index is 0.0553. The number of rotatable bonds is 5. The molecular weight excluding hydrogens is 173 g/mol. The van der Waals surface area contributed by atoms with Crippen LogP contribution in [-0.4, -0.2) is 19.3 Å². The maximum absolute atomic E-state index is 13.1. The number of hydrogen-bond acceptors (Lipinski definition) is 3. The maximum Gasteiger partial charge on any atom is 0.332 e. The molecule has 0 fully saturated rings. The van der Waals surface area contributed by atoms with E-state index in [9.17, 15) is 9.18 Å². The summed E-state index contributed by atoms with van der Waals surface area (Å²) in [6.45, 7) is 1.97. The van der Waals surface area contributed by atoms with Gasteiger partial charge in [-0.1, -0.05) is 19.8 Å². The Morgan fingerprint density at radius 2 is 2.31 bits per heavy atom. The van der Waals surface area contributed by atoms with Gasteiger partial charge in [0.05, 0.1) is 12.8 Å². The van der Waals surface area contributed by atoms with E-state index in [1.807, 2.05) is 6.92 Å². The molecule has 4 heteroatoms.